The summed E-state index contributed by atoms with van der Waals surface area (Å²) >= 11 is 0. The number of hydrogen-bond donors (Lipinski definition) is 2. The molecule has 0 radical (unpaired) electrons. The van der Waals surface area contributed by atoms with E-state index in [1.807, 2.05) is 13.8 Å². The van der Waals surface area contributed by atoms with Crippen LogP contribution in [0.15, 0.2) is 48.5 Å². The summed E-state index contributed by atoms with van der Waals surface area (Å²) in [6.45, 7) is -2.60. The predicted molar refractivity (Wildman–Crippen MR) is 111 cm³/mol. The fourth-order valence-corrected chi connectivity index (χ4v) is 2.64. The molecule has 2 aromatic carbocycles. The highest BCUT2D eigenvalue weighted by molar-refractivity contribution is 6.02. The molecule has 0 aliphatic carbocycles. The van der Waals surface area contributed by atoms with Crippen molar-refractivity contribution >= 4 is 23.6 Å². The van der Waals surface area contributed by atoms with E-state index in [1.54, 1.807) is 24.3 Å². The maximum Gasteiger partial charge on any atom is 0.387 e. The molecular weight excluding hydrogens is 432 g/mol. The van der Waals surface area contributed by atoms with Crippen LogP contribution in [-0.4, -0.2) is 31.1 Å². The van der Waals surface area contributed by atoms with Gasteiger partial charge in [0.05, 0.1) is 6.42 Å². The van der Waals surface area contributed by atoms with Gasteiger partial charge in [0.25, 0.3) is 0 Å². The van der Waals surface area contributed by atoms with Crippen LogP contribution >= 0.6 is 0 Å². The van der Waals surface area contributed by atoms with Gasteiger partial charge in [-0.2, -0.15) is 17.6 Å². The molecule has 172 valence electrons. The zero-order valence-electron chi connectivity index (χ0n) is 17.3. The Hall–Kier alpha value is -3.56. The molecule has 0 saturated carbocycles. The summed E-state index contributed by atoms with van der Waals surface area (Å²) in [5.74, 6) is -1.47. The number of carbonyl (C=O) groups is 2. The Morgan fingerprint density at radius 3 is 2.22 bits per heavy atom. The summed E-state index contributed by atoms with van der Waals surface area (Å²) in [6.07, 6.45) is 2.47. The minimum atomic E-state index is -3.20. The van der Waals surface area contributed by atoms with Crippen LogP contribution in [-0.2, 0) is 16.0 Å². The highest BCUT2D eigenvalue weighted by atomic mass is 19.3. The second-order valence-corrected chi connectivity index (χ2v) is 6.88. The molecule has 2 aromatic rings. The third-order valence-corrected chi connectivity index (χ3v) is 3.88. The molecule has 10 heteroatoms. The molecule has 32 heavy (non-hydrogen) atoms. The first-order chi connectivity index (χ1) is 15.1. The molecule has 0 heterocycles. The van der Waals surface area contributed by atoms with Crippen molar-refractivity contribution in [1.29, 1.82) is 0 Å². The first-order valence-corrected chi connectivity index (χ1v) is 9.53. The summed E-state index contributed by atoms with van der Waals surface area (Å²) in [6, 6.07) is 9.87. The second-order valence-electron chi connectivity index (χ2n) is 6.88. The smallest absolute Gasteiger partial charge is 0.387 e. The minimum Gasteiger partial charge on any atom is -0.435 e. The van der Waals surface area contributed by atoms with E-state index in [0.717, 1.165) is 23.8 Å². The van der Waals surface area contributed by atoms with E-state index < -0.39 is 24.9 Å². The molecule has 2 N–H and O–H groups in total. The van der Waals surface area contributed by atoms with E-state index >= 15 is 0 Å². The number of amides is 2. The summed E-state index contributed by atoms with van der Waals surface area (Å²) in [5, 5.41) is 5.36. The fourth-order valence-electron chi connectivity index (χ4n) is 2.64. The van der Waals surface area contributed by atoms with E-state index in [4.69, 9.17) is 0 Å². The molecule has 0 bridgehead atoms. The number of alkyl halides is 4. The summed E-state index contributed by atoms with van der Waals surface area (Å²) in [7, 11) is 0. The minimum absolute atomic E-state index is 0.0347. The topological polar surface area (TPSA) is 76.7 Å². The van der Waals surface area contributed by atoms with Gasteiger partial charge in [-0.25, -0.2) is 0 Å². The molecule has 2 rings (SSSR count). The van der Waals surface area contributed by atoms with E-state index in [-0.39, 0.29) is 29.7 Å². The summed E-state index contributed by atoms with van der Waals surface area (Å²) in [4.78, 5) is 23.9. The highest BCUT2D eigenvalue weighted by Crippen LogP contribution is 2.28. The molecular formula is C22H22F4N2O4. The largest absolute Gasteiger partial charge is 0.435 e. The van der Waals surface area contributed by atoms with Crippen LogP contribution in [0.5, 0.6) is 11.5 Å². The Labute approximate surface area is 182 Å². The maximum atomic E-state index is 12.6. The molecule has 0 saturated heterocycles. The van der Waals surface area contributed by atoms with Crippen molar-refractivity contribution in [2.45, 2.75) is 39.5 Å². The second kappa shape index (κ2) is 11.7. The van der Waals surface area contributed by atoms with E-state index in [1.165, 1.54) is 12.1 Å². The van der Waals surface area contributed by atoms with Crippen molar-refractivity contribution < 1.29 is 36.6 Å². The van der Waals surface area contributed by atoms with Gasteiger partial charge in [0, 0.05) is 29.4 Å². The number of nitrogens with one attached hydrogen (secondary N) is 2. The lowest BCUT2D eigenvalue weighted by Gasteiger charge is -2.11. The normalized spacial score (nSPS) is 11.3. The predicted octanol–water partition coefficient (Wildman–Crippen LogP) is 4.61. The molecule has 0 unspecified atom stereocenters. The number of hydrogen-bond acceptors (Lipinski definition) is 4. The average Bonchev–Trinajstić information content (AvgIpc) is 2.67. The SMILES string of the molecule is CC(C)NC(=O)Cc1ccc(NC(=O)/C=C/c2ccc(OC(F)F)cc2OC(F)F)cc1. The van der Waals surface area contributed by atoms with Gasteiger partial charge in [0.15, 0.2) is 0 Å². The third kappa shape index (κ3) is 8.66. The van der Waals surface area contributed by atoms with Crippen LogP contribution in [0.3, 0.4) is 0 Å². The van der Waals surface area contributed by atoms with Crippen LogP contribution in [0, 0.1) is 0 Å². The molecule has 0 fully saturated rings. The van der Waals surface area contributed by atoms with Gasteiger partial charge in [-0.3, -0.25) is 9.59 Å². The van der Waals surface area contributed by atoms with Crippen molar-refractivity contribution in [1.82, 2.24) is 5.32 Å². The monoisotopic (exact) mass is 454 g/mol. The van der Waals surface area contributed by atoms with Crippen molar-refractivity contribution in [3.05, 3.63) is 59.7 Å². The summed E-state index contributed by atoms with van der Waals surface area (Å²) in [5.41, 5.74) is 1.28. The number of benzene rings is 2. The van der Waals surface area contributed by atoms with Crippen molar-refractivity contribution in [3.8, 4) is 11.5 Å². The number of rotatable bonds is 10. The van der Waals surface area contributed by atoms with Crippen molar-refractivity contribution in [3.63, 3.8) is 0 Å². The average molecular weight is 454 g/mol. The Kier molecular flexibility index (Phi) is 9.06. The van der Waals surface area contributed by atoms with Crippen LogP contribution in [0.25, 0.3) is 6.08 Å². The van der Waals surface area contributed by atoms with Gasteiger partial charge in [0.1, 0.15) is 11.5 Å². The lowest BCUT2D eigenvalue weighted by Crippen LogP contribution is -2.31. The molecule has 0 aliphatic heterocycles. The molecule has 0 aromatic heterocycles. The van der Waals surface area contributed by atoms with Crippen LogP contribution in [0.1, 0.15) is 25.0 Å². The lowest BCUT2D eigenvalue weighted by molar-refractivity contribution is -0.121. The molecule has 0 atom stereocenters. The molecule has 6 nitrogen and oxygen atoms in total. The Balaban J connectivity index is 2.02. The van der Waals surface area contributed by atoms with Gasteiger partial charge in [-0.05, 0) is 49.8 Å². The van der Waals surface area contributed by atoms with E-state index in [9.17, 15) is 27.2 Å². The number of carbonyl (C=O) groups excluding carboxylic acids is 2. The quantitative estimate of drug-likeness (QED) is 0.406. The van der Waals surface area contributed by atoms with Crippen LogP contribution in [0.2, 0.25) is 0 Å². The maximum absolute atomic E-state index is 12.6. The van der Waals surface area contributed by atoms with Crippen LogP contribution < -0.4 is 20.1 Å². The fraction of sp³-hybridized carbons (Fsp3) is 0.273. The number of halogens is 4. The van der Waals surface area contributed by atoms with Gasteiger partial charge in [-0.15, -0.1) is 0 Å². The third-order valence-electron chi connectivity index (χ3n) is 3.88. The molecule has 0 spiro atoms. The Bertz CT molecular complexity index is 947. The molecule has 2 amide bonds. The first-order valence-electron chi connectivity index (χ1n) is 9.53. The number of ether oxygens (including phenoxy) is 2. The van der Waals surface area contributed by atoms with Crippen LogP contribution in [0.4, 0.5) is 23.2 Å². The van der Waals surface area contributed by atoms with Crippen molar-refractivity contribution in [2.75, 3.05) is 5.32 Å². The molecule has 0 aliphatic rings. The first kappa shape index (κ1) is 24.7. The number of anilines is 1. The highest BCUT2D eigenvalue weighted by Gasteiger charge is 2.12. The Morgan fingerprint density at radius 1 is 0.969 bits per heavy atom. The van der Waals surface area contributed by atoms with Gasteiger partial charge < -0.3 is 20.1 Å². The van der Waals surface area contributed by atoms with E-state index in [0.29, 0.717) is 5.69 Å². The lowest BCUT2D eigenvalue weighted by atomic mass is 10.1. The zero-order valence-corrected chi connectivity index (χ0v) is 17.3. The van der Waals surface area contributed by atoms with E-state index in [2.05, 4.69) is 20.1 Å². The van der Waals surface area contributed by atoms with Gasteiger partial charge in [-0.1, -0.05) is 12.1 Å². The van der Waals surface area contributed by atoms with Gasteiger partial charge in [0.2, 0.25) is 11.8 Å². The zero-order chi connectivity index (χ0) is 23.7. The Morgan fingerprint density at radius 2 is 1.62 bits per heavy atom. The van der Waals surface area contributed by atoms with Crippen molar-refractivity contribution in [2.24, 2.45) is 0 Å². The standard InChI is InChI=1S/C22H22F4N2O4/c1-13(2)27-20(30)11-14-3-7-16(8-4-14)28-19(29)10-6-15-5-9-17(31-21(23)24)12-18(15)32-22(25)26/h3-10,12-13,21-22H,11H2,1-2H3,(H,27,30)(H,28,29)/b10-6+. The summed E-state index contributed by atoms with van der Waals surface area (Å²) < 4.78 is 58.3. The van der Waals surface area contributed by atoms with Gasteiger partial charge >= 0.3 is 13.2 Å².